The molecule has 0 N–H and O–H groups in total. The fourth-order valence-corrected chi connectivity index (χ4v) is 6.14. The molecule has 0 spiro atoms. The van der Waals surface area contributed by atoms with Gasteiger partial charge in [0.1, 0.15) is 13.2 Å². The van der Waals surface area contributed by atoms with E-state index in [2.05, 4.69) is 41.5 Å². The van der Waals surface area contributed by atoms with Gasteiger partial charge in [-0.25, -0.2) is 0 Å². The van der Waals surface area contributed by atoms with Crippen LogP contribution in [-0.4, -0.2) is 37.2 Å². The molecule has 2 atom stereocenters. The first kappa shape index (κ1) is 47.4. The number of carbonyl (C=O) groups excluding carboxylic acids is 3. The molecule has 0 radical (unpaired) electrons. The minimum atomic E-state index is -0.761. The summed E-state index contributed by atoms with van der Waals surface area (Å²) in [6, 6.07) is 0. The Labute approximate surface area is 304 Å². The van der Waals surface area contributed by atoms with Crippen LogP contribution in [0.5, 0.6) is 0 Å². The van der Waals surface area contributed by atoms with Gasteiger partial charge in [0.2, 0.25) is 0 Å². The molecule has 6 nitrogen and oxygen atoms in total. The first-order valence-electron chi connectivity index (χ1n) is 21.1. The molecule has 6 heteroatoms. The van der Waals surface area contributed by atoms with Gasteiger partial charge >= 0.3 is 17.9 Å². The van der Waals surface area contributed by atoms with Crippen LogP contribution in [0.15, 0.2) is 0 Å². The van der Waals surface area contributed by atoms with E-state index in [9.17, 15) is 14.4 Å². The van der Waals surface area contributed by atoms with Gasteiger partial charge in [0.05, 0.1) is 0 Å². The van der Waals surface area contributed by atoms with Crippen LogP contribution in [0.3, 0.4) is 0 Å². The van der Waals surface area contributed by atoms with Crippen LogP contribution in [0.1, 0.15) is 221 Å². The van der Waals surface area contributed by atoms with Gasteiger partial charge in [-0.15, -0.1) is 0 Å². The predicted molar refractivity (Wildman–Crippen MR) is 206 cm³/mol. The highest BCUT2D eigenvalue weighted by Gasteiger charge is 2.19. The topological polar surface area (TPSA) is 78.9 Å². The van der Waals surface area contributed by atoms with Crippen molar-refractivity contribution in [2.24, 2.45) is 17.8 Å². The quantitative estimate of drug-likeness (QED) is 0.0369. The summed E-state index contributed by atoms with van der Waals surface area (Å²) in [5.74, 6) is 1.51. The molecule has 0 bridgehead atoms. The Hall–Kier alpha value is -1.59. The molecule has 0 aromatic heterocycles. The molecular weight excluding hydrogens is 612 g/mol. The maximum absolute atomic E-state index is 12.6. The lowest BCUT2D eigenvalue weighted by Crippen LogP contribution is -2.30. The first-order chi connectivity index (χ1) is 23.6. The third kappa shape index (κ3) is 36.0. The Morgan fingerprint density at radius 2 is 0.714 bits per heavy atom. The molecule has 0 aliphatic rings. The molecule has 1 unspecified atom stereocenters. The molecule has 0 aromatic rings. The van der Waals surface area contributed by atoms with E-state index in [4.69, 9.17) is 14.2 Å². The zero-order chi connectivity index (χ0) is 36.4. The smallest absolute Gasteiger partial charge is 0.306 e. The van der Waals surface area contributed by atoms with Crippen LogP contribution < -0.4 is 0 Å². The monoisotopic (exact) mass is 695 g/mol. The predicted octanol–water partition coefficient (Wildman–Crippen LogP) is 12.9. The maximum Gasteiger partial charge on any atom is 0.306 e. The molecule has 0 rings (SSSR count). The lowest BCUT2D eigenvalue weighted by molar-refractivity contribution is -0.167. The molecule has 0 saturated heterocycles. The first-order valence-corrected chi connectivity index (χ1v) is 21.1. The highest BCUT2D eigenvalue weighted by atomic mass is 16.6. The zero-order valence-corrected chi connectivity index (χ0v) is 33.5. The minimum Gasteiger partial charge on any atom is -0.462 e. The fourth-order valence-electron chi connectivity index (χ4n) is 6.14. The van der Waals surface area contributed by atoms with Crippen molar-refractivity contribution in [2.75, 3.05) is 13.2 Å². The van der Waals surface area contributed by atoms with E-state index >= 15 is 0 Å². The largest absolute Gasteiger partial charge is 0.462 e. The molecule has 0 aliphatic carbocycles. The van der Waals surface area contributed by atoms with Crippen molar-refractivity contribution in [3.63, 3.8) is 0 Å². The van der Waals surface area contributed by atoms with Crippen molar-refractivity contribution in [1.29, 1.82) is 0 Å². The lowest BCUT2D eigenvalue weighted by atomic mass is 9.99. The van der Waals surface area contributed by atoms with Crippen LogP contribution in [0.4, 0.5) is 0 Å². The SMILES string of the molecule is CCC(C)CCCCCCCCCCC(=O)OC[C@@H](COC(=O)CCCCCCCCC(C)C)OC(=O)CCCCCCCCCC(C)C. The summed E-state index contributed by atoms with van der Waals surface area (Å²) in [7, 11) is 0. The van der Waals surface area contributed by atoms with Crippen molar-refractivity contribution in [3.05, 3.63) is 0 Å². The Kier molecular flexibility index (Phi) is 33.7. The van der Waals surface area contributed by atoms with Crippen LogP contribution in [0, 0.1) is 17.8 Å². The number of hydrogen-bond acceptors (Lipinski definition) is 6. The number of unbranched alkanes of at least 4 members (excludes halogenated alkanes) is 18. The molecule has 0 aliphatic heterocycles. The van der Waals surface area contributed by atoms with Gasteiger partial charge < -0.3 is 14.2 Å². The van der Waals surface area contributed by atoms with Gasteiger partial charge in [-0.2, -0.15) is 0 Å². The molecule has 0 fully saturated rings. The van der Waals surface area contributed by atoms with E-state index in [-0.39, 0.29) is 31.1 Å². The van der Waals surface area contributed by atoms with E-state index in [1.807, 2.05) is 0 Å². The van der Waals surface area contributed by atoms with E-state index in [1.165, 1.54) is 103 Å². The summed E-state index contributed by atoms with van der Waals surface area (Å²) in [6.45, 7) is 13.5. The Morgan fingerprint density at radius 1 is 0.408 bits per heavy atom. The second kappa shape index (κ2) is 34.8. The highest BCUT2D eigenvalue weighted by molar-refractivity contribution is 5.71. The number of hydrogen-bond donors (Lipinski definition) is 0. The Morgan fingerprint density at radius 3 is 1.06 bits per heavy atom. The van der Waals surface area contributed by atoms with Crippen LogP contribution in [-0.2, 0) is 28.6 Å². The summed E-state index contributed by atoms with van der Waals surface area (Å²) in [4.78, 5) is 37.5. The lowest BCUT2D eigenvalue weighted by Gasteiger charge is -2.18. The van der Waals surface area contributed by atoms with Gasteiger partial charge in [0, 0.05) is 19.3 Å². The standard InChI is InChI=1S/C43H82O6/c1-7-39(6)31-25-19-12-8-9-13-20-26-32-41(44)47-35-40(36-48-42(45)33-27-21-16-15-18-24-30-38(4)5)49-43(46)34-28-22-14-10-11-17-23-29-37(2)3/h37-40H,7-36H2,1-6H3/t39?,40-/m0/s1. The third-order valence-corrected chi connectivity index (χ3v) is 9.76. The second-order valence-electron chi connectivity index (χ2n) is 15.8. The highest BCUT2D eigenvalue weighted by Crippen LogP contribution is 2.17. The Bertz CT molecular complexity index is 763. The summed E-state index contributed by atoms with van der Waals surface area (Å²) < 4.78 is 16.6. The summed E-state index contributed by atoms with van der Waals surface area (Å²) in [5.41, 5.74) is 0. The van der Waals surface area contributed by atoms with Crippen molar-refractivity contribution in [1.82, 2.24) is 0 Å². The third-order valence-electron chi connectivity index (χ3n) is 9.76. The molecular formula is C43H82O6. The van der Waals surface area contributed by atoms with Gasteiger partial charge in [0.15, 0.2) is 6.10 Å². The van der Waals surface area contributed by atoms with Gasteiger partial charge in [-0.3, -0.25) is 14.4 Å². The normalized spacial score (nSPS) is 12.7. The molecule has 290 valence electrons. The molecule has 0 aromatic carbocycles. The van der Waals surface area contributed by atoms with Gasteiger partial charge in [-0.05, 0) is 37.0 Å². The number of esters is 3. The van der Waals surface area contributed by atoms with Crippen molar-refractivity contribution in [3.8, 4) is 0 Å². The average Bonchev–Trinajstić information content (AvgIpc) is 3.06. The average molecular weight is 695 g/mol. The summed E-state index contributed by atoms with van der Waals surface area (Å²) in [5, 5.41) is 0. The Balaban J connectivity index is 4.36. The van der Waals surface area contributed by atoms with Crippen LogP contribution >= 0.6 is 0 Å². The van der Waals surface area contributed by atoms with E-state index < -0.39 is 6.10 Å². The fraction of sp³-hybridized carbons (Fsp3) is 0.930. The van der Waals surface area contributed by atoms with Gasteiger partial charge in [-0.1, -0.05) is 183 Å². The van der Waals surface area contributed by atoms with Crippen LogP contribution in [0.25, 0.3) is 0 Å². The van der Waals surface area contributed by atoms with Crippen molar-refractivity contribution >= 4 is 17.9 Å². The number of rotatable bonds is 36. The number of carbonyl (C=O) groups is 3. The van der Waals surface area contributed by atoms with E-state index in [0.717, 1.165) is 75.5 Å². The maximum atomic E-state index is 12.6. The van der Waals surface area contributed by atoms with Crippen LogP contribution in [0.2, 0.25) is 0 Å². The minimum absolute atomic E-state index is 0.0682. The molecule has 0 saturated carbocycles. The molecule has 0 amide bonds. The molecule has 0 heterocycles. The molecule has 49 heavy (non-hydrogen) atoms. The summed E-state index contributed by atoms with van der Waals surface area (Å²) >= 11 is 0. The second-order valence-corrected chi connectivity index (χ2v) is 15.8. The van der Waals surface area contributed by atoms with Crippen molar-refractivity contribution < 1.29 is 28.6 Å². The van der Waals surface area contributed by atoms with E-state index in [1.54, 1.807) is 0 Å². The zero-order valence-electron chi connectivity index (χ0n) is 33.5. The summed E-state index contributed by atoms with van der Waals surface area (Å²) in [6.07, 6.45) is 29.6. The van der Waals surface area contributed by atoms with Crippen molar-refractivity contribution in [2.45, 2.75) is 227 Å². The number of ether oxygens (including phenoxy) is 3. The van der Waals surface area contributed by atoms with Gasteiger partial charge in [0.25, 0.3) is 0 Å². The van der Waals surface area contributed by atoms with E-state index in [0.29, 0.717) is 19.3 Å².